The second-order valence-electron chi connectivity index (χ2n) is 3.85. The second-order valence-corrected chi connectivity index (χ2v) is 6.07. The molecule has 0 bridgehead atoms. The largest absolute Gasteiger partial charge is 0.284 e. The van der Waals surface area contributed by atoms with Gasteiger partial charge in [-0.1, -0.05) is 0 Å². The van der Waals surface area contributed by atoms with Crippen LogP contribution in [-0.2, 0) is 10.0 Å². The van der Waals surface area contributed by atoms with Crippen LogP contribution in [0.3, 0.4) is 0 Å². The summed E-state index contributed by atoms with van der Waals surface area (Å²) >= 11 is 5.48. The van der Waals surface area contributed by atoms with Crippen molar-refractivity contribution in [1.82, 2.24) is 14.8 Å². The van der Waals surface area contributed by atoms with Crippen molar-refractivity contribution < 1.29 is 8.42 Å². The molecule has 0 aliphatic carbocycles. The van der Waals surface area contributed by atoms with E-state index in [0.717, 1.165) is 5.69 Å². The molecule has 0 saturated heterocycles. The molecule has 0 amide bonds. The molecular weight excluding hydrogens is 288 g/mol. The fourth-order valence-electron chi connectivity index (χ4n) is 1.50. The number of hydrogen-bond donors (Lipinski definition) is 1. The van der Waals surface area contributed by atoms with Crippen LogP contribution in [0.2, 0.25) is 0 Å². The minimum atomic E-state index is -3.33. The van der Waals surface area contributed by atoms with Gasteiger partial charge in [-0.15, -0.1) is 11.6 Å². The van der Waals surface area contributed by atoms with Crippen molar-refractivity contribution in [2.45, 2.75) is 6.42 Å². The van der Waals surface area contributed by atoms with Gasteiger partial charge in [0.2, 0.25) is 10.0 Å². The summed E-state index contributed by atoms with van der Waals surface area (Å²) in [5.74, 6) is 0.341. The van der Waals surface area contributed by atoms with E-state index in [4.69, 9.17) is 11.6 Å². The first-order valence-electron chi connectivity index (χ1n) is 5.62. The van der Waals surface area contributed by atoms with Gasteiger partial charge in [0.25, 0.3) is 0 Å². The molecule has 0 atom stereocenters. The van der Waals surface area contributed by atoms with Crippen LogP contribution in [0.15, 0.2) is 36.9 Å². The second kappa shape index (κ2) is 6.03. The third kappa shape index (κ3) is 3.93. The van der Waals surface area contributed by atoms with E-state index in [0.29, 0.717) is 18.0 Å². The number of alkyl halides is 1. The number of nitrogens with zero attached hydrogens (tertiary/aromatic N) is 3. The molecule has 1 aromatic carbocycles. The van der Waals surface area contributed by atoms with E-state index in [1.54, 1.807) is 35.3 Å². The van der Waals surface area contributed by atoms with Crippen molar-refractivity contribution in [3.63, 3.8) is 0 Å². The Morgan fingerprint density at radius 1 is 1.26 bits per heavy atom. The Balaban J connectivity index is 2.07. The van der Waals surface area contributed by atoms with E-state index in [2.05, 4.69) is 14.8 Å². The molecule has 2 rings (SSSR count). The van der Waals surface area contributed by atoms with Crippen LogP contribution in [0.25, 0.3) is 5.69 Å². The van der Waals surface area contributed by atoms with Gasteiger partial charge in [-0.25, -0.2) is 18.1 Å². The van der Waals surface area contributed by atoms with Crippen LogP contribution in [0.5, 0.6) is 0 Å². The van der Waals surface area contributed by atoms with Gasteiger partial charge in [0, 0.05) is 11.6 Å². The molecule has 0 saturated carbocycles. The number of aromatic nitrogens is 3. The summed E-state index contributed by atoms with van der Waals surface area (Å²) in [6.45, 7) is 0. The van der Waals surface area contributed by atoms with E-state index in [1.807, 2.05) is 0 Å². The van der Waals surface area contributed by atoms with Gasteiger partial charge in [0.05, 0.1) is 11.4 Å². The highest BCUT2D eigenvalue weighted by Crippen LogP contribution is 2.14. The molecule has 0 unspecified atom stereocenters. The summed E-state index contributed by atoms with van der Waals surface area (Å²) < 4.78 is 27.4. The van der Waals surface area contributed by atoms with Crippen LogP contribution in [0.1, 0.15) is 6.42 Å². The van der Waals surface area contributed by atoms with E-state index in [1.165, 1.54) is 6.33 Å². The Bertz CT molecular complexity index is 611. The Labute approximate surface area is 116 Å². The molecule has 1 N–H and O–H groups in total. The first-order chi connectivity index (χ1) is 9.11. The predicted molar refractivity (Wildman–Crippen MR) is 74.1 cm³/mol. The molecule has 1 heterocycles. The smallest absolute Gasteiger partial charge is 0.232 e. The molecule has 0 aliphatic rings. The number of rotatable bonds is 6. The summed E-state index contributed by atoms with van der Waals surface area (Å²) in [6.07, 6.45) is 3.43. The lowest BCUT2D eigenvalue weighted by Gasteiger charge is -2.08. The maximum atomic E-state index is 11.7. The topological polar surface area (TPSA) is 76.9 Å². The lowest BCUT2D eigenvalue weighted by molar-refractivity contribution is 0.600. The minimum absolute atomic E-state index is 0.0152. The highest BCUT2D eigenvalue weighted by molar-refractivity contribution is 7.92. The van der Waals surface area contributed by atoms with E-state index < -0.39 is 10.0 Å². The third-order valence-corrected chi connectivity index (χ3v) is 4.01. The quantitative estimate of drug-likeness (QED) is 0.823. The van der Waals surface area contributed by atoms with Crippen molar-refractivity contribution >= 4 is 27.3 Å². The van der Waals surface area contributed by atoms with Crippen LogP contribution in [-0.4, -0.2) is 34.8 Å². The van der Waals surface area contributed by atoms with E-state index in [9.17, 15) is 8.42 Å². The van der Waals surface area contributed by atoms with E-state index in [-0.39, 0.29) is 5.75 Å². The summed E-state index contributed by atoms with van der Waals surface area (Å²) in [5, 5.41) is 3.98. The Morgan fingerprint density at radius 3 is 2.58 bits per heavy atom. The van der Waals surface area contributed by atoms with Gasteiger partial charge in [-0.05, 0) is 30.7 Å². The minimum Gasteiger partial charge on any atom is -0.284 e. The summed E-state index contributed by atoms with van der Waals surface area (Å²) in [6, 6.07) is 6.87. The fourth-order valence-corrected chi connectivity index (χ4v) is 2.91. The summed E-state index contributed by atoms with van der Waals surface area (Å²) in [4.78, 5) is 3.84. The molecule has 8 heteroatoms. The first-order valence-corrected chi connectivity index (χ1v) is 7.81. The third-order valence-electron chi connectivity index (χ3n) is 2.37. The Morgan fingerprint density at radius 2 is 2.00 bits per heavy atom. The number of sulfonamides is 1. The zero-order chi connectivity index (χ0) is 13.7. The van der Waals surface area contributed by atoms with Gasteiger partial charge < -0.3 is 0 Å². The number of anilines is 1. The normalized spacial score (nSPS) is 11.4. The first kappa shape index (κ1) is 13.8. The zero-order valence-corrected chi connectivity index (χ0v) is 11.6. The highest BCUT2D eigenvalue weighted by Gasteiger charge is 2.09. The van der Waals surface area contributed by atoms with Gasteiger partial charge in [0.1, 0.15) is 12.7 Å². The standard InChI is InChI=1S/C11H13ClN4O2S/c12-6-1-7-19(17,18)15-10-2-4-11(5-3-10)16-9-13-8-14-16/h2-5,8-9,15H,1,6-7H2. The highest BCUT2D eigenvalue weighted by atomic mass is 35.5. The van der Waals surface area contributed by atoms with Crippen LogP contribution < -0.4 is 4.72 Å². The number of benzene rings is 1. The van der Waals surface area contributed by atoms with Crippen molar-refractivity contribution in [2.75, 3.05) is 16.4 Å². The Hall–Kier alpha value is -1.60. The lowest BCUT2D eigenvalue weighted by atomic mass is 10.3. The van der Waals surface area contributed by atoms with Crippen LogP contribution >= 0.6 is 11.6 Å². The monoisotopic (exact) mass is 300 g/mol. The average Bonchev–Trinajstić information content (AvgIpc) is 2.91. The number of hydrogen-bond acceptors (Lipinski definition) is 4. The molecular formula is C11H13ClN4O2S. The molecule has 6 nitrogen and oxygen atoms in total. The van der Waals surface area contributed by atoms with Crippen molar-refractivity contribution in [1.29, 1.82) is 0 Å². The van der Waals surface area contributed by atoms with Crippen molar-refractivity contribution in [3.8, 4) is 5.69 Å². The maximum absolute atomic E-state index is 11.7. The fraction of sp³-hybridized carbons (Fsp3) is 0.273. The van der Waals surface area contributed by atoms with Crippen molar-refractivity contribution in [2.24, 2.45) is 0 Å². The van der Waals surface area contributed by atoms with Gasteiger partial charge in [0.15, 0.2) is 0 Å². The van der Waals surface area contributed by atoms with Gasteiger partial charge >= 0.3 is 0 Å². The molecule has 19 heavy (non-hydrogen) atoms. The molecule has 1 aromatic heterocycles. The molecule has 0 spiro atoms. The zero-order valence-electron chi connectivity index (χ0n) is 10.0. The number of nitrogens with one attached hydrogen (secondary N) is 1. The summed E-state index contributed by atoms with van der Waals surface area (Å²) in [7, 11) is -3.33. The predicted octanol–water partition coefficient (Wildman–Crippen LogP) is 1.64. The molecule has 0 fully saturated rings. The van der Waals surface area contributed by atoms with Gasteiger partial charge in [-0.2, -0.15) is 5.10 Å². The molecule has 2 aromatic rings. The average molecular weight is 301 g/mol. The SMILES string of the molecule is O=S(=O)(CCCCl)Nc1ccc(-n2cncn2)cc1. The van der Waals surface area contributed by atoms with E-state index >= 15 is 0 Å². The Kier molecular flexibility index (Phi) is 4.39. The van der Waals surface area contributed by atoms with Crippen LogP contribution in [0.4, 0.5) is 5.69 Å². The maximum Gasteiger partial charge on any atom is 0.232 e. The lowest BCUT2D eigenvalue weighted by Crippen LogP contribution is -2.16. The molecule has 0 radical (unpaired) electrons. The van der Waals surface area contributed by atoms with Crippen molar-refractivity contribution in [3.05, 3.63) is 36.9 Å². The number of halogens is 1. The molecule has 0 aliphatic heterocycles. The van der Waals surface area contributed by atoms with Gasteiger partial charge in [-0.3, -0.25) is 4.72 Å². The van der Waals surface area contributed by atoms with Crippen LogP contribution in [0, 0.1) is 0 Å². The summed E-state index contributed by atoms with van der Waals surface area (Å²) in [5.41, 5.74) is 1.32. The molecule has 102 valence electrons.